The molecule has 0 saturated carbocycles. The second-order valence-corrected chi connectivity index (χ2v) is 4.25. The molecule has 0 bridgehead atoms. The van der Waals surface area contributed by atoms with E-state index in [4.69, 9.17) is 4.74 Å². The van der Waals surface area contributed by atoms with Crippen molar-refractivity contribution in [2.45, 2.75) is 51.9 Å². The number of unbranched alkanes of at least 4 members (excludes halogenated alkanes) is 3. The van der Waals surface area contributed by atoms with E-state index in [0.717, 1.165) is 0 Å². The van der Waals surface area contributed by atoms with Gasteiger partial charge in [-0.3, -0.25) is 0 Å². The third kappa shape index (κ3) is 4.17. The molecule has 0 aliphatic carbocycles. The summed E-state index contributed by atoms with van der Waals surface area (Å²) >= 11 is 0. The summed E-state index contributed by atoms with van der Waals surface area (Å²) in [6, 6.07) is 0.446. The van der Waals surface area contributed by atoms with Crippen molar-refractivity contribution in [3.63, 3.8) is 0 Å². The second kappa shape index (κ2) is 7.20. The normalized spacial score (nSPS) is 12.4. The maximum atomic E-state index is 4.94. The van der Waals surface area contributed by atoms with Crippen molar-refractivity contribution < 1.29 is 4.74 Å². The first-order valence-electron chi connectivity index (χ1n) is 6.13. The summed E-state index contributed by atoms with van der Waals surface area (Å²) in [6.45, 7) is 4.47. The zero-order chi connectivity index (χ0) is 11.8. The van der Waals surface area contributed by atoms with Gasteiger partial charge < -0.3 is 4.74 Å². The Balaban J connectivity index is 2.37. The highest BCUT2D eigenvalue weighted by molar-refractivity contribution is 5.12. The molecule has 0 aromatic carbocycles. The summed E-state index contributed by atoms with van der Waals surface area (Å²) in [6.07, 6.45) is 10.2. The highest BCUT2D eigenvalue weighted by Crippen LogP contribution is 2.21. The van der Waals surface area contributed by atoms with Crippen LogP contribution in [-0.4, -0.2) is 17.1 Å². The van der Waals surface area contributed by atoms with Crippen molar-refractivity contribution in [1.29, 1.82) is 0 Å². The van der Waals surface area contributed by atoms with Crippen LogP contribution < -0.4 is 4.74 Å². The average Bonchev–Trinajstić information content (AvgIpc) is 2.34. The lowest BCUT2D eigenvalue weighted by Crippen LogP contribution is -1.98. The number of ether oxygens (including phenoxy) is 1. The molecule has 3 nitrogen and oxygen atoms in total. The Morgan fingerprint density at radius 3 is 2.44 bits per heavy atom. The SMILES string of the molecule is CCCCCCC(C)c1cnc(OC)nc1. The first kappa shape index (κ1) is 12.9. The number of hydrogen-bond acceptors (Lipinski definition) is 3. The van der Waals surface area contributed by atoms with E-state index in [1.165, 1.54) is 37.7 Å². The highest BCUT2D eigenvalue weighted by Gasteiger charge is 2.06. The molecule has 1 rings (SSSR count). The van der Waals surface area contributed by atoms with Gasteiger partial charge in [0.2, 0.25) is 0 Å². The van der Waals surface area contributed by atoms with Gasteiger partial charge in [0.15, 0.2) is 0 Å². The predicted molar refractivity (Wildman–Crippen MR) is 65.8 cm³/mol. The Hall–Kier alpha value is -1.12. The quantitative estimate of drug-likeness (QED) is 0.662. The van der Waals surface area contributed by atoms with Gasteiger partial charge >= 0.3 is 6.01 Å². The molecule has 1 atom stereocenters. The zero-order valence-electron chi connectivity index (χ0n) is 10.6. The van der Waals surface area contributed by atoms with Crippen LogP contribution in [0.5, 0.6) is 6.01 Å². The van der Waals surface area contributed by atoms with E-state index in [1.54, 1.807) is 7.11 Å². The molecule has 0 saturated heterocycles. The van der Waals surface area contributed by atoms with Gasteiger partial charge in [-0.2, -0.15) is 0 Å². The van der Waals surface area contributed by atoms with E-state index < -0.39 is 0 Å². The number of methoxy groups -OCH3 is 1. The zero-order valence-corrected chi connectivity index (χ0v) is 10.6. The first-order chi connectivity index (χ1) is 7.77. The standard InChI is InChI=1S/C13H22N2O/c1-4-5-6-7-8-11(2)12-9-14-13(16-3)15-10-12/h9-11H,4-8H2,1-3H3. The molecular formula is C13H22N2O. The van der Waals surface area contributed by atoms with Gasteiger partial charge in [-0.25, -0.2) is 9.97 Å². The monoisotopic (exact) mass is 222 g/mol. The molecule has 0 radical (unpaired) electrons. The lowest BCUT2D eigenvalue weighted by atomic mass is 9.97. The van der Waals surface area contributed by atoms with Crippen molar-refractivity contribution in [3.05, 3.63) is 18.0 Å². The summed E-state index contributed by atoms with van der Waals surface area (Å²) in [5, 5.41) is 0. The van der Waals surface area contributed by atoms with Crippen molar-refractivity contribution in [3.8, 4) is 6.01 Å². The maximum absolute atomic E-state index is 4.94. The lowest BCUT2D eigenvalue weighted by molar-refractivity contribution is 0.378. The number of rotatable bonds is 7. The summed E-state index contributed by atoms with van der Waals surface area (Å²) in [5.74, 6) is 0.544. The van der Waals surface area contributed by atoms with Crippen molar-refractivity contribution in [2.24, 2.45) is 0 Å². The van der Waals surface area contributed by atoms with Gasteiger partial charge in [-0.1, -0.05) is 39.5 Å². The predicted octanol–water partition coefficient (Wildman–Crippen LogP) is 3.56. The van der Waals surface area contributed by atoms with E-state index in [9.17, 15) is 0 Å². The molecular weight excluding hydrogens is 200 g/mol. The smallest absolute Gasteiger partial charge is 0.316 e. The Morgan fingerprint density at radius 1 is 1.19 bits per heavy atom. The molecule has 0 N–H and O–H groups in total. The fraction of sp³-hybridized carbons (Fsp3) is 0.692. The van der Waals surface area contributed by atoms with Gasteiger partial charge in [0, 0.05) is 12.4 Å². The molecule has 0 aliphatic rings. The third-order valence-corrected chi connectivity index (χ3v) is 2.89. The molecule has 3 heteroatoms. The minimum Gasteiger partial charge on any atom is -0.467 e. The average molecular weight is 222 g/mol. The van der Waals surface area contributed by atoms with Crippen LogP contribution in [0.4, 0.5) is 0 Å². The minimum atomic E-state index is 0.446. The summed E-state index contributed by atoms with van der Waals surface area (Å²) in [7, 11) is 1.59. The fourth-order valence-electron chi connectivity index (χ4n) is 1.73. The van der Waals surface area contributed by atoms with Gasteiger partial charge in [0.25, 0.3) is 0 Å². The lowest BCUT2D eigenvalue weighted by Gasteiger charge is -2.10. The van der Waals surface area contributed by atoms with Crippen LogP contribution >= 0.6 is 0 Å². The minimum absolute atomic E-state index is 0.446. The number of aromatic nitrogens is 2. The Labute approximate surface area is 98.3 Å². The van der Waals surface area contributed by atoms with Crippen LogP contribution in [-0.2, 0) is 0 Å². The molecule has 0 fully saturated rings. The molecule has 0 spiro atoms. The molecule has 0 aliphatic heterocycles. The number of hydrogen-bond donors (Lipinski definition) is 0. The van der Waals surface area contributed by atoms with E-state index in [0.29, 0.717) is 11.9 Å². The van der Waals surface area contributed by atoms with Crippen LogP contribution in [0.25, 0.3) is 0 Å². The van der Waals surface area contributed by atoms with Crippen LogP contribution in [0, 0.1) is 0 Å². The van der Waals surface area contributed by atoms with Gasteiger partial charge in [-0.05, 0) is 17.9 Å². The molecule has 1 aromatic heterocycles. The van der Waals surface area contributed by atoms with Crippen LogP contribution in [0.3, 0.4) is 0 Å². The summed E-state index contributed by atoms with van der Waals surface area (Å²) in [4.78, 5) is 8.26. The van der Waals surface area contributed by atoms with Crippen LogP contribution in [0.1, 0.15) is 57.4 Å². The van der Waals surface area contributed by atoms with E-state index in [1.807, 2.05) is 12.4 Å². The fourth-order valence-corrected chi connectivity index (χ4v) is 1.73. The van der Waals surface area contributed by atoms with Crippen molar-refractivity contribution in [1.82, 2.24) is 9.97 Å². The van der Waals surface area contributed by atoms with Crippen LogP contribution in [0.2, 0.25) is 0 Å². The Kier molecular flexibility index (Phi) is 5.83. The van der Waals surface area contributed by atoms with Crippen LogP contribution in [0.15, 0.2) is 12.4 Å². The Morgan fingerprint density at radius 2 is 1.88 bits per heavy atom. The van der Waals surface area contributed by atoms with Gasteiger partial charge in [0.05, 0.1) is 7.11 Å². The molecule has 1 aromatic rings. The second-order valence-electron chi connectivity index (χ2n) is 4.25. The maximum Gasteiger partial charge on any atom is 0.316 e. The van der Waals surface area contributed by atoms with E-state index in [2.05, 4.69) is 23.8 Å². The number of nitrogens with zero attached hydrogens (tertiary/aromatic N) is 2. The molecule has 1 unspecified atom stereocenters. The highest BCUT2D eigenvalue weighted by atomic mass is 16.5. The van der Waals surface area contributed by atoms with E-state index in [-0.39, 0.29) is 0 Å². The molecule has 0 amide bonds. The topological polar surface area (TPSA) is 35.0 Å². The van der Waals surface area contributed by atoms with Gasteiger partial charge in [0.1, 0.15) is 0 Å². The first-order valence-corrected chi connectivity index (χ1v) is 6.13. The third-order valence-electron chi connectivity index (χ3n) is 2.89. The Bertz CT molecular complexity index is 284. The summed E-state index contributed by atoms with van der Waals surface area (Å²) < 4.78 is 4.94. The van der Waals surface area contributed by atoms with E-state index >= 15 is 0 Å². The molecule has 1 heterocycles. The van der Waals surface area contributed by atoms with Crippen molar-refractivity contribution >= 4 is 0 Å². The molecule has 16 heavy (non-hydrogen) atoms. The molecule has 90 valence electrons. The van der Waals surface area contributed by atoms with Gasteiger partial charge in [-0.15, -0.1) is 0 Å². The van der Waals surface area contributed by atoms with Crippen molar-refractivity contribution in [2.75, 3.05) is 7.11 Å². The largest absolute Gasteiger partial charge is 0.467 e. The summed E-state index contributed by atoms with van der Waals surface area (Å²) in [5.41, 5.74) is 1.21.